The molecule has 2 heterocycles. The molecule has 5 unspecified atom stereocenters. The van der Waals surface area contributed by atoms with Gasteiger partial charge in [-0.2, -0.15) is 0 Å². The molecule has 3 aromatic rings. The van der Waals surface area contributed by atoms with Gasteiger partial charge >= 0.3 is 5.97 Å². The van der Waals surface area contributed by atoms with Crippen molar-refractivity contribution in [3.05, 3.63) is 95.1 Å². The zero-order chi connectivity index (χ0) is 32.1. The molecular weight excluding hydrogens is 568 g/mol. The molecule has 2 aliphatic heterocycles. The van der Waals surface area contributed by atoms with Crippen molar-refractivity contribution < 1.29 is 28.9 Å². The van der Waals surface area contributed by atoms with Crippen molar-refractivity contribution in [3.8, 4) is 11.1 Å². The Morgan fingerprint density at radius 1 is 0.956 bits per heavy atom. The van der Waals surface area contributed by atoms with E-state index in [0.29, 0.717) is 13.1 Å². The molecule has 0 bridgehead atoms. The minimum atomic E-state index is -0.626. The fraction of sp³-hybridized carbons (Fsp3) is 0.459. The van der Waals surface area contributed by atoms with Crippen molar-refractivity contribution in [1.29, 1.82) is 0 Å². The van der Waals surface area contributed by atoms with Crippen LogP contribution in [0.25, 0.3) is 11.1 Å². The molecule has 45 heavy (non-hydrogen) atoms. The minimum Gasteiger partial charge on any atom is -0.459 e. The maximum Gasteiger partial charge on any atom is 0.323 e. The topological polar surface area (TPSA) is 97.3 Å². The molecule has 240 valence electrons. The van der Waals surface area contributed by atoms with E-state index in [1.807, 2.05) is 69.3 Å². The Balaban J connectivity index is 1.42. The Morgan fingerprint density at radius 3 is 2.36 bits per heavy atom. The molecule has 0 aromatic heterocycles. The summed E-state index contributed by atoms with van der Waals surface area (Å²) in [5.74, 6) is -0.250. The van der Waals surface area contributed by atoms with E-state index >= 15 is 0 Å². The van der Waals surface area contributed by atoms with Crippen molar-refractivity contribution in [2.45, 2.75) is 90.8 Å². The van der Waals surface area contributed by atoms with Crippen molar-refractivity contribution in [1.82, 2.24) is 10.2 Å². The van der Waals surface area contributed by atoms with Crippen molar-refractivity contribution in [2.75, 3.05) is 13.1 Å². The first kappa shape index (κ1) is 32.8. The molecule has 8 nitrogen and oxygen atoms in total. The number of likely N-dealkylation sites (tertiary alicyclic amines) is 1. The number of benzene rings is 3. The third-order valence-electron chi connectivity index (χ3n) is 8.54. The van der Waals surface area contributed by atoms with Crippen LogP contribution in [0.15, 0.2) is 72.8 Å². The molecule has 8 heteroatoms. The first-order valence-electron chi connectivity index (χ1n) is 15.9. The number of rotatable bonds is 9. The molecule has 5 rings (SSSR count). The van der Waals surface area contributed by atoms with Gasteiger partial charge in [-0.05, 0) is 80.1 Å². The molecular formula is C37H46N2O6. The van der Waals surface area contributed by atoms with Crippen molar-refractivity contribution in [3.63, 3.8) is 0 Å². The third kappa shape index (κ3) is 8.38. The van der Waals surface area contributed by atoms with Crippen LogP contribution in [0.4, 0.5) is 0 Å². The molecule has 1 amide bonds. The van der Waals surface area contributed by atoms with E-state index in [9.17, 15) is 14.7 Å². The summed E-state index contributed by atoms with van der Waals surface area (Å²) in [5.41, 5.74) is 5.30. The van der Waals surface area contributed by atoms with Gasteiger partial charge in [0.15, 0.2) is 6.29 Å². The monoisotopic (exact) mass is 614 g/mol. The average molecular weight is 615 g/mol. The first-order valence-corrected chi connectivity index (χ1v) is 15.9. The standard InChI is InChI=1S/C37H46N2O6/c1-24-33(22-39-18-8-13-32(39)35(42)45-37(3,4)5)43-36(44-34(24)28-16-14-26(23-40)15-17-28)31-12-7-11-30(20-31)29-10-6-9-27(19-29)21-38-25(2)41/h6-7,9-12,14-17,19-20,24,32-34,36,40H,8,13,18,21-23H2,1-5H3,(H,38,41). The van der Waals surface area contributed by atoms with Crippen molar-refractivity contribution in [2.24, 2.45) is 5.92 Å². The summed E-state index contributed by atoms with van der Waals surface area (Å²) in [6.07, 6.45) is 0.608. The number of nitrogens with one attached hydrogen (secondary N) is 1. The lowest BCUT2D eigenvalue weighted by Gasteiger charge is -2.43. The van der Waals surface area contributed by atoms with Gasteiger partial charge in [0.05, 0.1) is 18.8 Å². The van der Waals surface area contributed by atoms with Crippen LogP contribution in [0.3, 0.4) is 0 Å². The normalized spacial score (nSPS) is 23.9. The van der Waals surface area contributed by atoms with E-state index in [2.05, 4.69) is 41.4 Å². The molecule has 2 N–H and O–H groups in total. The second-order valence-electron chi connectivity index (χ2n) is 13.2. The number of hydrogen-bond donors (Lipinski definition) is 2. The second kappa shape index (κ2) is 14.3. The van der Waals surface area contributed by atoms with Crippen LogP contribution >= 0.6 is 0 Å². The third-order valence-corrected chi connectivity index (χ3v) is 8.54. The molecule has 2 fully saturated rings. The summed E-state index contributed by atoms with van der Waals surface area (Å²) >= 11 is 0. The van der Waals surface area contributed by atoms with Crippen LogP contribution in [0.2, 0.25) is 0 Å². The number of aliphatic hydroxyl groups is 1. The van der Waals surface area contributed by atoms with Gasteiger partial charge in [0.1, 0.15) is 11.6 Å². The summed E-state index contributed by atoms with van der Waals surface area (Å²) in [6.45, 7) is 11.2. The van der Waals surface area contributed by atoms with Crippen LogP contribution in [0.5, 0.6) is 0 Å². The Hall–Kier alpha value is -3.56. The predicted octanol–water partition coefficient (Wildman–Crippen LogP) is 6.08. The number of carbonyl (C=O) groups is 2. The van der Waals surface area contributed by atoms with E-state index < -0.39 is 11.9 Å². The van der Waals surface area contributed by atoms with Gasteiger partial charge < -0.3 is 24.6 Å². The van der Waals surface area contributed by atoms with Gasteiger partial charge in [-0.1, -0.05) is 67.6 Å². The molecule has 0 spiro atoms. The highest BCUT2D eigenvalue weighted by molar-refractivity contribution is 5.76. The maximum absolute atomic E-state index is 13.1. The SMILES string of the molecule is CC(=O)NCc1cccc(-c2cccc(C3OC(CN4CCCC4C(=O)OC(C)(C)C)C(C)C(c4ccc(CO)cc4)O3)c2)c1. The maximum atomic E-state index is 13.1. The van der Waals surface area contributed by atoms with Gasteiger partial charge in [0.25, 0.3) is 0 Å². The molecule has 2 aliphatic rings. The van der Waals surface area contributed by atoms with Crippen molar-refractivity contribution >= 4 is 11.9 Å². The number of ether oxygens (including phenoxy) is 3. The number of esters is 1. The van der Waals surface area contributed by atoms with E-state index in [1.54, 1.807) is 0 Å². The fourth-order valence-electron chi connectivity index (χ4n) is 6.19. The molecule has 3 aromatic carbocycles. The number of hydrogen-bond acceptors (Lipinski definition) is 7. The molecule has 0 saturated carbocycles. The number of aliphatic hydroxyl groups excluding tert-OH is 1. The molecule has 0 radical (unpaired) electrons. The van der Waals surface area contributed by atoms with Crippen LogP contribution in [-0.4, -0.2) is 52.7 Å². The van der Waals surface area contributed by atoms with Crippen LogP contribution in [-0.2, 0) is 37.0 Å². The van der Waals surface area contributed by atoms with Gasteiger partial charge in [0.2, 0.25) is 5.91 Å². The quantitative estimate of drug-likeness (QED) is 0.282. The Kier molecular flexibility index (Phi) is 10.4. The summed E-state index contributed by atoms with van der Waals surface area (Å²) in [4.78, 5) is 26.8. The van der Waals surface area contributed by atoms with Gasteiger partial charge in [-0.15, -0.1) is 0 Å². The summed E-state index contributed by atoms with van der Waals surface area (Å²) < 4.78 is 19.2. The van der Waals surface area contributed by atoms with E-state index in [0.717, 1.165) is 52.8 Å². The number of carbonyl (C=O) groups excluding carboxylic acids is 2. The Morgan fingerprint density at radius 2 is 1.67 bits per heavy atom. The van der Waals surface area contributed by atoms with Gasteiger partial charge in [0, 0.05) is 31.5 Å². The number of nitrogens with zero attached hydrogens (tertiary/aromatic N) is 1. The Labute approximate surface area is 266 Å². The number of amides is 1. The van der Waals surface area contributed by atoms with Crippen LogP contribution < -0.4 is 5.32 Å². The van der Waals surface area contributed by atoms with Gasteiger partial charge in [-0.25, -0.2) is 0 Å². The lowest BCUT2D eigenvalue weighted by Crippen LogP contribution is -2.48. The minimum absolute atomic E-state index is 0.00486. The van der Waals surface area contributed by atoms with E-state index in [-0.39, 0.29) is 42.7 Å². The zero-order valence-corrected chi connectivity index (χ0v) is 27.0. The highest BCUT2D eigenvalue weighted by Gasteiger charge is 2.42. The lowest BCUT2D eigenvalue weighted by atomic mass is 9.89. The van der Waals surface area contributed by atoms with Crippen LogP contribution in [0.1, 0.15) is 82.1 Å². The zero-order valence-electron chi connectivity index (χ0n) is 27.0. The second-order valence-corrected chi connectivity index (χ2v) is 13.2. The highest BCUT2D eigenvalue weighted by atomic mass is 16.7. The first-order chi connectivity index (χ1) is 21.5. The Bertz CT molecular complexity index is 1470. The summed E-state index contributed by atoms with van der Waals surface area (Å²) in [5, 5.41) is 12.5. The molecule has 0 aliphatic carbocycles. The van der Waals surface area contributed by atoms with E-state index in [4.69, 9.17) is 14.2 Å². The summed E-state index contributed by atoms with van der Waals surface area (Å²) in [6, 6.07) is 23.9. The molecule has 5 atom stereocenters. The predicted molar refractivity (Wildman–Crippen MR) is 173 cm³/mol. The smallest absolute Gasteiger partial charge is 0.323 e. The lowest BCUT2D eigenvalue weighted by molar-refractivity contribution is -0.276. The fourth-order valence-corrected chi connectivity index (χ4v) is 6.19. The summed E-state index contributed by atoms with van der Waals surface area (Å²) in [7, 11) is 0. The van der Waals surface area contributed by atoms with Crippen LogP contribution in [0, 0.1) is 5.92 Å². The van der Waals surface area contributed by atoms with E-state index in [1.165, 1.54) is 6.92 Å². The largest absolute Gasteiger partial charge is 0.459 e. The average Bonchev–Trinajstić information content (AvgIpc) is 3.49. The highest BCUT2D eigenvalue weighted by Crippen LogP contribution is 2.43. The van der Waals surface area contributed by atoms with Gasteiger partial charge in [-0.3, -0.25) is 14.5 Å². The molecule has 2 saturated heterocycles.